The molecule has 142 valence electrons. The Bertz CT molecular complexity index is 1100. The molecule has 3 aromatic rings. The Balaban J connectivity index is 2.05. The van der Waals surface area contributed by atoms with Crippen molar-refractivity contribution in [3.8, 4) is 5.88 Å². The Morgan fingerprint density at radius 1 is 0.893 bits per heavy atom. The molecule has 0 aliphatic heterocycles. The predicted octanol–water partition coefficient (Wildman–Crippen LogP) is 4.26. The highest BCUT2D eigenvalue weighted by Gasteiger charge is 2.32. The Hall–Kier alpha value is -3.21. The molecule has 1 heterocycles. The molecule has 0 saturated carbocycles. The number of hydrogen-bond donors (Lipinski definition) is 0. The SMILES string of the molecule is CCOc1cc(N(CC)CC)c2ccc3c(c2n1)C(=O)c1ccccc1C3=O. The third-order valence-electron chi connectivity index (χ3n) is 5.22. The standard InChI is InChI=1S/C23H22N2O3/c1-4-25(5-2)18-13-19(28-6-3)24-21-16(18)11-12-17-20(21)23(27)15-10-8-7-9-14(15)22(17)26/h7-13H,4-6H2,1-3H3. The van der Waals surface area contributed by atoms with Crippen molar-refractivity contribution >= 4 is 28.2 Å². The van der Waals surface area contributed by atoms with Crippen molar-refractivity contribution in [2.24, 2.45) is 0 Å². The van der Waals surface area contributed by atoms with Gasteiger partial charge in [-0.3, -0.25) is 9.59 Å². The maximum Gasteiger partial charge on any atom is 0.215 e. The molecule has 4 rings (SSSR count). The van der Waals surface area contributed by atoms with E-state index in [0.29, 0.717) is 40.3 Å². The van der Waals surface area contributed by atoms with Gasteiger partial charge in [0, 0.05) is 41.2 Å². The molecule has 0 bridgehead atoms. The van der Waals surface area contributed by atoms with Gasteiger partial charge in [0.15, 0.2) is 11.6 Å². The molecule has 1 aliphatic rings. The van der Waals surface area contributed by atoms with E-state index in [0.717, 1.165) is 24.2 Å². The van der Waals surface area contributed by atoms with E-state index in [2.05, 4.69) is 23.7 Å². The van der Waals surface area contributed by atoms with Crippen LogP contribution in [0.2, 0.25) is 0 Å². The number of rotatable bonds is 5. The number of ether oxygens (including phenoxy) is 1. The molecule has 0 amide bonds. The molecule has 0 saturated heterocycles. The lowest BCUT2D eigenvalue weighted by Crippen LogP contribution is -2.24. The fourth-order valence-electron chi connectivity index (χ4n) is 3.88. The summed E-state index contributed by atoms with van der Waals surface area (Å²) in [6, 6.07) is 12.5. The quantitative estimate of drug-likeness (QED) is 0.522. The van der Waals surface area contributed by atoms with E-state index in [-0.39, 0.29) is 11.6 Å². The molecule has 0 atom stereocenters. The van der Waals surface area contributed by atoms with Crippen LogP contribution < -0.4 is 9.64 Å². The maximum absolute atomic E-state index is 13.3. The number of fused-ring (bicyclic) bond motifs is 4. The molecule has 5 nitrogen and oxygen atoms in total. The van der Waals surface area contributed by atoms with E-state index < -0.39 is 0 Å². The Morgan fingerprint density at radius 3 is 2.21 bits per heavy atom. The minimum Gasteiger partial charge on any atom is -0.478 e. The number of anilines is 1. The van der Waals surface area contributed by atoms with Crippen LogP contribution in [0.5, 0.6) is 5.88 Å². The zero-order valence-electron chi connectivity index (χ0n) is 16.3. The summed E-state index contributed by atoms with van der Waals surface area (Å²) in [6.45, 7) is 8.16. The highest BCUT2D eigenvalue weighted by molar-refractivity contribution is 6.32. The minimum absolute atomic E-state index is 0.139. The number of aromatic nitrogens is 1. The van der Waals surface area contributed by atoms with Crippen molar-refractivity contribution in [3.63, 3.8) is 0 Å². The monoisotopic (exact) mass is 374 g/mol. The molecule has 0 unspecified atom stereocenters. The van der Waals surface area contributed by atoms with Crippen molar-refractivity contribution in [2.75, 3.05) is 24.6 Å². The minimum atomic E-state index is -0.164. The second-order valence-electron chi connectivity index (χ2n) is 6.67. The van der Waals surface area contributed by atoms with Crippen molar-refractivity contribution in [1.29, 1.82) is 0 Å². The fraction of sp³-hybridized carbons (Fsp3) is 0.261. The van der Waals surface area contributed by atoms with Crippen molar-refractivity contribution in [2.45, 2.75) is 20.8 Å². The van der Waals surface area contributed by atoms with Crippen LogP contribution in [0.15, 0.2) is 42.5 Å². The largest absolute Gasteiger partial charge is 0.478 e. The Kier molecular flexibility index (Phi) is 4.59. The lowest BCUT2D eigenvalue weighted by Gasteiger charge is -2.25. The molecular formula is C23H22N2O3. The second-order valence-corrected chi connectivity index (χ2v) is 6.67. The smallest absolute Gasteiger partial charge is 0.215 e. The normalized spacial score (nSPS) is 12.7. The topological polar surface area (TPSA) is 59.5 Å². The van der Waals surface area contributed by atoms with Gasteiger partial charge in [0.05, 0.1) is 23.4 Å². The van der Waals surface area contributed by atoms with Gasteiger partial charge in [0.1, 0.15) is 0 Å². The van der Waals surface area contributed by atoms with Gasteiger partial charge in [0.25, 0.3) is 0 Å². The highest BCUT2D eigenvalue weighted by Crippen LogP contribution is 2.37. The fourth-order valence-corrected chi connectivity index (χ4v) is 3.88. The molecule has 5 heteroatoms. The van der Waals surface area contributed by atoms with Crippen LogP contribution in [0.4, 0.5) is 5.69 Å². The van der Waals surface area contributed by atoms with Gasteiger partial charge < -0.3 is 9.64 Å². The zero-order valence-corrected chi connectivity index (χ0v) is 16.3. The van der Waals surface area contributed by atoms with Crippen molar-refractivity contribution in [3.05, 3.63) is 64.7 Å². The molecular weight excluding hydrogens is 352 g/mol. The van der Waals surface area contributed by atoms with Crippen LogP contribution in [0.3, 0.4) is 0 Å². The molecule has 0 spiro atoms. The van der Waals surface area contributed by atoms with Crippen LogP contribution >= 0.6 is 0 Å². The number of carbonyl (C=O) groups is 2. The molecule has 2 aromatic carbocycles. The third-order valence-corrected chi connectivity index (χ3v) is 5.22. The van der Waals surface area contributed by atoms with E-state index in [1.54, 1.807) is 30.3 Å². The highest BCUT2D eigenvalue weighted by atomic mass is 16.5. The van der Waals surface area contributed by atoms with Crippen LogP contribution in [-0.2, 0) is 0 Å². The summed E-state index contributed by atoms with van der Waals surface area (Å²) < 4.78 is 5.68. The predicted molar refractivity (Wildman–Crippen MR) is 110 cm³/mol. The molecule has 28 heavy (non-hydrogen) atoms. The molecule has 0 N–H and O–H groups in total. The van der Waals surface area contributed by atoms with Gasteiger partial charge in [0.2, 0.25) is 5.88 Å². The van der Waals surface area contributed by atoms with Crippen LogP contribution in [-0.4, -0.2) is 36.2 Å². The van der Waals surface area contributed by atoms with Gasteiger partial charge >= 0.3 is 0 Å². The number of carbonyl (C=O) groups excluding carboxylic acids is 2. The zero-order chi connectivity index (χ0) is 19.8. The van der Waals surface area contributed by atoms with Crippen LogP contribution in [0, 0.1) is 0 Å². The van der Waals surface area contributed by atoms with Gasteiger partial charge in [-0.15, -0.1) is 0 Å². The van der Waals surface area contributed by atoms with Gasteiger partial charge in [-0.25, -0.2) is 4.98 Å². The summed E-state index contributed by atoms with van der Waals surface area (Å²) in [7, 11) is 0. The number of ketones is 2. The van der Waals surface area contributed by atoms with Crippen molar-refractivity contribution < 1.29 is 14.3 Å². The first-order chi connectivity index (χ1) is 13.6. The average Bonchev–Trinajstić information content (AvgIpc) is 2.72. The number of benzene rings is 2. The van der Waals surface area contributed by atoms with E-state index in [1.165, 1.54) is 0 Å². The number of nitrogens with zero attached hydrogens (tertiary/aromatic N) is 2. The van der Waals surface area contributed by atoms with Gasteiger partial charge in [-0.05, 0) is 32.9 Å². The first kappa shape index (κ1) is 18.2. The van der Waals surface area contributed by atoms with E-state index in [9.17, 15) is 9.59 Å². The molecule has 0 fully saturated rings. The Labute approximate surface area is 163 Å². The van der Waals surface area contributed by atoms with Crippen LogP contribution in [0.25, 0.3) is 10.9 Å². The summed E-state index contributed by atoms with van der Waals surface area (Å²) in [4.78, 5) is 33.1. The lowest BCUT2D eigenvalue weighted by molar-refractivity contribution is 0.0980. The Morgan fingerprint density at radius 2 is 1.57 bits per heavy atom. The lowest BCUT2D eigenvalue weighted by atomic mass is 9.82. The van der Waals surface area contributed by atoms with E-state index >= 15 is 0 Å². The first-order valence-corrected chi connectivity index (χ1v) is 9.64. The average molecular weight is 374 g/mol. The molecule has 0 radical (unpaired) electrons. The summed E-state index contributed by atoms with van der Waals surface area (Å²) in [6.07, 6.45) is 0. The first-order valence-electron chi connectivity index (χ1n) is 9.64. The molecule has 1 aliphatic carbocycles. The van der Waals surface area contributed by atoms with E-state index in [1.807, 2.05) is 19.1 Å². The van der Waals surface area contributed by atoms with Gasteiger partial charge in [-0.2, -0.15) is 0 Å². The number of hydrogen-bond acceptors (Lipinski definition) is 5. The van der Waals surface area contributed by atoms with Gasteiger partial charge in [-0.1, -0.05) is 24.3 Å². The molecule has 1 aromatic heterocycles. The summed E-state index contributed by atoms with van der Waals surface area (Å²) in [5.41, 5.74) is 3.14. The summed E-state index contributed by atoms with van der Waals surface area (Å²) >= 11 is 0. The summed E-state index contributed by atoms with van der Waals surface area (Å²) in [5, 5.41) is 0.853. The maximum atomic E-state index is 13.3. The van der Waals surface area contributed by atoms with Crippen LogP contribution in [0.1, 0.15) is 52.6 Å². The van der Waals surface area contributed by atoms with E-state index in [4.69, 9.17) is 4.74 Å². The summed E-state index contributed by atoms with van der Waals surface area (Å²) in [5.74, 6) is 0.159. The van der Waals surface area contributed by atoms with Crippen molar-refractivity contribution in [1.82, 2.24) is 4.98 Å². The third kappa shape index (κ3) is 2.66. The number of pyridine rings is 1. The second kappa shape index (κ2) is 7.08.